The summed E-state index contributed by atoms with van der Waals surface area (Å²) in [5, 5.41) is 7.41. The largest absolute Gasteiger partial charge is 0.443 e. The Morgan fingerprint density at radius 2 is 1.66 bits per heavy atom. The molecule has 0 aliphatic carbocycles. The van der Waals surface area contributed by atoms with Crippen molar-refractivity contribution in [3.8, 4) is 16.8 Å². The number of anilines is 1. The highest BCUT2D eigenvalue weighted by atomic mass is 79.9. The number of aryl methyl sites for hydroxylation is 1. The van der Waals surface area contributed by atoms with Gasteiger partial charge in [0.1, 0.15) is 17.2 Å². The lowest BCUT2D eigenvalue weighted by Crippen LogP contribution is -2.36. The van der Waals surface area contributed by atoms with Crippen LogP contribution in [0.4, 0.5) is 14.9 Å². The van der Waals surface area contributed by atoms with E-state index >= 15 is 4.39 Å². The van der Waals surface area contributed by atoms with Gasteiger partial charge in [0.2, 0.25) is 0 Å². The molecule has 11 nitrogen and oxygen atoms in total. The Balaban J connectivity index is 1.45. The molecule has 4 aromatic carbocycles. The number of amides is 2. The Morgan fingerprint density at radius 3 is 2.34 bits per heavy atom. The van der Waals surface area contributed by atoms with Gasteiger partial charge >= 0.3 is 11.8 Å². The molecule has 5 rings (SSSR count). The maximum atomic E-state index is 15.8. The SMILES string of the molecule is CCCc1nn(-c2cc(NC(=O)c3ccccc3)ccc2Br)c(=O)n1Cc1ccc(-c2ccccc2S(=O)(=O)NC(=O)OC(C)(C)C)cc1F. The molecule has 0 radical (unpaired) electrons. The predicted octanol–water partition coefficient (Wildman–Crippen LogP) is 7.07. The second-order valence-electron chi connectivity index (χ2n) is 12.3. The predicted molar refractivity (Wildman–Crippen MR) is 191 cm³/mol. The van der Waals surface area contributed by atoms with Gasteiger partial charge in [-0.1, -0.05) is 55.5 Å². The summed E-state index contributed by atoms with van der Waals surface area (Å²) in [7, 11) is -4.38. The number of halogens is 2. The maximum absolute atomic E-state index is 15.8. The Morgan fingerprint density at radius 1 is 0.960 bits per heavy atom. The minimum absolute atomic E-state index is 0.150. The van der Waals surface area contributed by atoms with Gasteiger partial charge in [0.05, 0.1) is 17.1 Å². The molecule has 1 aromatic heterocycles. The lowest BCUT2D eigenvalue weighted by molar-refractivity contribution is 0.0570. The number of hydrogen-bond donors (Lipinski definition) is 2. The van der Waals surface area contributed by atoms with Gasteiger partial charge in [-0.3, -0.25) is 9.36 Å². The summed E-state index contributed by atoms with van der Waals surface area (Å²) < 4.78 is 52.2. The molecule has 50 heavy (non-hydrogen) atoms. The number of carbonyl (C=O) groups is 2. The fraction of sp³-hybridized carbons (Fsp3) is 0.222. The van der Waals surface area contributed by atoms with Gasteiger partial charge in [0.15, 0.2) is 0 Å². The maximum Gasteiger partial charge on any atom is 0.421 e. The third kappa shape index (κ3) is 8.37. The second-order valence-corrected chi connectivity index (χ2v) is 14.8. The lowest BCUT2D eigenvalue weighted by atomic mass is 10.0. The zero-order chi connectivity index (χ0) is 36.2. The van der Waals surface area contributed by atoms with Crippen LogP contribution in [-0.2, 0) is 27.7 Å². The van der Waals surface area contributed by atoms with Gasteiger partial charge in [-0.2, -0.15) is 4.68 Å². The highest BCUT2D eigenvalue weighted by Crippen LogP contribution is 2.30. The fourth-order valence-electron chi connectivity index (χ4n) is 5.12. The Kier molecular flexibility index (Phi) is 10.7. The minimum Gasteiger partial charge on any atom is -0.443 e. The lowest BCUT2D eigenvalue weighted by Gasteiger charge is -2.20. The van der Waals surface area contributed by atoms with Crippen LogP contribution in [0.2, 0.25) is 0 Å². The fourth-order valence-corrected chi connectivity index (χ4v) is 6.64. The molecule has 5 aromatic rings. The zero-order valence-electron chi connectivity index (χ0n) is 27.7. The van der Waals surface area contributed by atoms with Gasteiger partial charge in [-0.05, 0) is 91.1 Å². The molecule has 0 atom stereocenters. The van der Waals surface area contributed by atoms with Crippen LogP contribution in [0.25, 0.3) is 16.8 Å². The van der Waals surface area contributed by atoms with E-state index in [9.17, 15) is 22.8 Å². The van der Waals surface area contributed by atoms with Crippen molar-refractivity contribution in [2.45, 2.75) is 57.6 Å². The van der Waals surface area contributed by atoms with Gasteiger partial charge in [-0.15, -0.1) is 5.10 Å². The summed E-state index contributed by atoms with van der Waals surface area (Å²) >= 11 is 3.48. The van der Waals surface area contributed by atoms with Crippen molar-refractivity contribution in [1.29, 1.82) is 0 Å². The molecule has 1 heterocycles. The van der Waals surface area contributed by atoms with Crippen molar-refractivity contribution in [1.82, 2.24) is 19.1 Å². The van der Waals surface area contributed by atoms with Crippen molar-refractivity contribution in [2.24, 2.45) is 0 Å². The van der Waals surface area contributed by atoms with Gasteiger partial charge in [0, 0.05) is 33.3 Å². The third-order valence-corrected chi connectivity index (χ3v) is 9.41. The van der Waals surface area contributed by atoms with Crippen LogP contribution in [0.5, 0.6) is 0 Å². The summed E-state index contributed by atoms with van der Waals surface area (Å²) in [6.07, 6.45) is -0.0484. The first-order valence-corrected chi connectivity index (χ1v) is 17.9. The van der Waals surface area contributed by atoms with E-state index in [2.05, 4.69) is 26.3 Å². The number of carbonyl (C=O) groups excluding carboxylic acids is 2. The molecular formula is C36H35BrFN5O6S. The number of aromatic nitrogens is 3. The number of hydrogen-bond acceptors (Lipinski definition) is 7. The topological polar surface area (TPSA) is 141 Å². The first-order valence-electron chi connectivity index (χ1n) is 15.7. The number of nitrogens with zero attached hydrogens (tertiary/aromatic N) is 3. The first kappa shape index (κ1) is 36.2. The second kappa shape index (κ2) is 14.8. The Bertz CT molecular complexity index is 2230. The van der Waals surface area contributed by atoms with E-state index in [0.717, 1.165) is 0 Å². The van der Waals surface area contributed by atoms with Crippen molar-refractivity contribution >= 4 is 43.6 Å². The molecule has 2 N–H and O–H groups in total. The van der Waals surface area contributed by atoms with Gasteiger partial charge in [0.25, 0.3) is 15.9 Å². The molecule has 0 saturated carbocycles. The monoisotopic (exact) mass is 763 g/mol. The summed E-state index contributed by atoms with van der Waals surface area (Å²) in [6.45, 7) is 6.60. The van der Waals surface area contributed by atoms with E-state index in [0.29, 0.717) is 40.1 Å². The van der Waals surface area contributed by atoms with Crippen LogP contribution in [0.15, 0.2) is 105 Å². The van der Waals surface area contributed by atoms with E-state index in [-0.39, 0.29) is 34.0 Å². The molecule has 0 spiro atoms. The number of benzene rings is 4. The molecule has 0 saturated heterocycles. The zero-order valence-corrected chi connectivity index (χ0v) is 30.1. The molecule has 14 heteroatoms. The third-order valence-electron chi connectivity index (χ3n) is 7.37. The van der Waals surface area contributed by atoms with Crippen LogP contribution in [-0.4, -0.2) is 40.4 Å². The molecule has 0 unspecified atom stereocenters. The normalized spacial score (nSPS) is 11.6. The summed E-state index contributed by atoms with van der Waals surface area (Å²) in [5.41, 5.74) is 0.428. The molecule has 260 valence electrons. The van der Waals surface area contributed by atoms with Gasteiger partial charge < -0.3 is 10.1 Å². The first-order chi connectivity index (χ1) is 23.7. The highest BCUT2D eigenvalue weighted by Gasteiger charge is 2.26. The number of sulfonamides is 1. The van der Waals surface area contributed by atoms with E-state index in [4.69, 9.17) is 4.74 Å². The van der Waals surface area contributed by atoms with Crippen LogP contribution < -0.4 is 15.7 Å². The van der Waals surface area contributed by atoms with Crippen molar-refractivity contribution in [3.63, 3.8) is 0 Å². The van der Waals surface area contributed by atoms with Gasteiger partial charge in [-0.25, -0.2) is 27.1 Å². The Hall–Kier alpha value is -5.08. The van der Waals surface area contributed by atoms with Crippen LogP contribution in [0, 0.1) is 5.82 Å². The number of ether oxygens (including phenoxy) is 1. The molecular weight excluding hydrogens is 729 g/mol. The Labute approximate surface area is 297 Å². The summed E-state index contributed by atoms with van der Waals surface area (Å²) in [6, 6.07) is 23.8. The van der Waals surface area contributed by atoms with Crippen molar-refractivity contribution < 1.29 is 27.1 Å². The van der Waals surface area contributed by atoms with Crippen LogP contribution in [0.3, 0.4) is 0 Å². The number of rotatable bonds is 10. The molecule has 0 fully saturated rings. The summed E-state index contributed by atoms with van der Waals surface area (Å²) in [5.74, 6) is -0.568. The standard InChI is InChI=1S/C36H35BrFN5O6S/c1-5-11-32-40-43(30-21-26(18-19-28(30)37)39-33(44)23-12-7-6-8-13-23)35(46)42(32)22-25-17-16-24(20-29(25)38)27-14-9-10-15-31(27)50(47,48)41-34(45)49-36(2,3)4/h6-10,12-21H,5,11,22H2,1-4H3,(H,39,44)(H,41,45). The average molecular weight is 765 g/mol. The quantitative estimate of drug-likeness (QED) is 0.155. The van der Waals surface area contributed by atoms with E-state index in [1.165, 1.54) is 39.6 Å². The van der Waals surface area contributed by atoms with E-state index < -0.39 is 33.2 Å². The molecule has 0 aliphatic heterocycles. The van der Waals surface area contributed by atoms with Crippen molar-refractivity contribution in [2.75, 3.05) is 5.32 Å². The van der Waals surface area contributed by atoms with E-state index in [1.807, 2.05) is 17.7 Å². The molecule has 0 bridgehead atoms. The number of nitrogens with one attached hydrogen (secondary N) is 2. The van der Waals surface area contributed by atoms with Crippen molar-refractivity contribution in [3.05, 3.63) is 129 Å². The molecule has 2 amide bonds. The molecule has 0 aliphatic rings. The van der Waals surface area contributed by atoms with E-state index in [1.54, 1.807) is 75.4 Å². The summed E-state index contributed by atoms with van der Waals surface area (Å²) in [4.78, 5) is 38.6. The average Bonchev–Trinajstić information content (AvgIpc) is 3.36. The highest BCUT2D eigenvalue weighted by molar-refractivity contribution is 9.10. The minimum atomic E-state index is -4.38. The van der Waals surface area contributed by atoms with Crippen LogP contribution >= 0.6 is 15.9 Å². The smallest absolute Gasteiger partial charge is 0.421 e. The van der Waals surface area contributed by atoms with Crippen LogP contribution in [0.1, 0.15) is 55.9 Å².